The van der Waals surface area contributed by atoms with E-state index in [1.807, 2.05) is 36.9 Å². The summed E-state index contributed by atoms with van der Waals surface area (Å²) in [6, 6.07) is 11.8. The van der Waals surface area contributed by atoms with E-state index in [-0.39, 0.29) is 17.6 Å². The van der Waals surface area contributed by atoms with Crippen LogP contribution in [0.1, 0.15) is 23.0 Å². The minimum atomic E-state index is -0.125. The van der Waals surface area contributed by atoms with Gasteiger partial charge in [0.1, 0.15) is 6.04 Å². The largest absolute Gasteiger partial charge is 0.377 e. The van der Waals surface area contributed by atoms with Crippen LogP contribution in [-0.2, 0) is 16.9 Å². The number of benzene rings is 1. The molecule has 7 heteroatoms. The highest BCUT2D eigenvalue weighted by Gasteiger charge is 2.32. The van der Waals surface area contributed by atoms with E-state index in [1.54, 1.807) is 10.7 Å². The van der Waals surface area contributed by atoms with E-state index in [0.29, 0.717) is 13.2 Å². The molecule has 0 saturated carbocycles. The third kappa shape index (κ3) is 3.18. The van der Waals surface area contributed by atoms with Crippen molar-refractivity contribution < 1.29 is 4.74 Å². The van der Waals surface area contributed by atoms with Crippen LogP contribution < -0.4 is 10.9 Å². The molecule has 2 aliphatic rings. The van der Waals surface area contributed by atoms with E-state index in [4.69, 9.17) is 9.84 Å². The number of anilines is 1. The average Bonchev–Trinajstić information content (AvgIpc) is 3.15. The summed E-state index contributed by atoms with van der Waals surface area (Å²) in [5.74, 6) is 1.94. The molecule has 2 atom stereocenters. The Morgan fingerprint density at radius 2 is 2.14 bits per heavy atom. The average molecular weight is 395 g/mol. The molecule has 6 nitrogen and oxygen atoms in total. The Morgan fingerprint density at radius 1 is 1.25 bits per heavy atom. The Kier molecular flexibility index (Phi) is 4.56. The summed E-state index contributed by atoms with van der Waals surface area (Å²) >= 11 is 1.86. The predicted molar refractivity (Wildman–Crippen MR) is 112 cm³/mol. The molecule has 2 unspecified atom stereocenters. The molecule has 2 aromatic heterocycles. The van der Waals surface area contributed by atoms with E-state index in [2.05, 4.69) is 22.4 Å². The third-order valence-electron chi connectivity index (χ3n) is 5.41. The fraction of sp³-hybridized carbons (Fsp3) is 0.381. The third-order valence-corrected chi connectivity index (χ3v) is 6.42. The van der Waals surface area contributed by atoms with E-state index in [9.17, 15) is 4.79 Å². The summed E-state index contributed by atoms with van der Waals surface area (Å²) in [7, 11) is 0. The van der Waals surface area contributed by atoms with Gasteiger partial charge in [-0.3, -0.25) is 9.78 Å². The quantitative estimate of drug-likeness (QED) is 0.737. The number of rotatable bonds is 3. The minimum Gasteiger partial charge on any atom is -0.377 e. The van der Waals surface area contributed by atoms with Gasteiger partial charge in [-0.05, 0) is 30.4 Å². The van der Waals surface area contributed by atoms with Crippen molar-refractivity contribution in [2.24, 2.45) is 0 Å². The van der Waals surface area contributed by atoms with Gasteiger partial charge < -0.3 is 10.1 Å². The maximum absolute atomic E-state index is 12.7. The summed E-state index contributed by atoms with van der Waals surface area (Å²) in [6.07, 6.45) is 0.917. The second-order valence-electron chi connectivity index (χ2n) is 7.39. The normalized spacial score (nSPS) is 21.6. The first-order valence-electron chi connectivity index (χ1n) is 9.59. The standard InChI is InChI=1S/C21H22N4O2S/c1-13-8-18(15-4-2-3-5-17(15)22-13)23-19-10-27-11-20(19)25-21(26)9-14-12-28-7-6-16(14)24-25/h2-5,8-9,19-20H,6-7,10-12H2,1H3,(H,22,23). The number of fused-ring (bicyclic) bond motifs is 2. The van der Waals surface area contributed by atoms with Gasteiger partial charge in [0.05, 0.1) is 30.5 Å². The lowest BCUT2D eigenvalue weighted by Crippen LogP contribution is -2.38. The Hall–Kier alpha value is -2.38. The molecule has 0 bridgehead atoms. The molecule has 1 aromatic carbocycles. The summed E-state index contributed by atoms with van der Waals surface area (Å²) in [6.45, 7) is 3.02. The SMILES string of the molecule is Cc1cc(NC2COCC2n2nc3c(cc2=O)CSCC3)c2ccccc2n1. The number of ether oxygens (including phenoxy) is 1. The van der Waals surface area contributed by atoms with Crippen LogP contribution in [0.15, 0.2) is 41.2 Å². The number of para-hydroxylation sites is 1. The maximum Gasteiger partial charge on any atom is 0.267 e. The van der Waals surface area contributed by atoms with Gasteiger partial charge in [0.2, 0.25) is 0 Å². The Morgan fingerprint density at radius 3 is 3.07 bits per heavy atom. The number of aryl methyl sites for hydroxylation is 2. The van der Waals surface area contributed by atoms with Gasteiger partial charge in [-0.1, -0.05) is 18.2 Å². The van der Waals surface area contributed by atoms with Crippen molar-refractivity contribution in [1.82, 2.24) is 14.8 Å². The number of aromatic nitrogens is 3. The topological polar surface area (TPSA) is 69.0 Å². The van der Waals surface area contributed by atoms with Crippen molar-refractivity contribution in [2.75, 3.05) is 24.3 Å². The number of pyridine rings is 1. The fourth-order valence-corrected chi connectivity index (χ4v) is 4.97. The molecule has 1 saturated heterocycles. The zero-order valence-corrected chi connectivity index (χ0v) is 16.5. The molecule has 4 heterocycles. The van der Waals surface area contributed by atoms with Crippen molar-refractivity contribution in [2.45, 2.75) is 31.2 Å². The van der Waals surface area contributed by atoms with Crippen molar-refractivity contribution in [1.29, 1.82) is 0 Å². The monoisotopic (exact) mass is 394 g/mol. The molecule has 1 N–H and O–H groups in total. The lowest BCUT2D eigenvalue weighted by molar-refractivity contribution is 0.182. The molecule has 0 aliphatic carbocycles. The fourth-order valence-electron chi connectivity index (χ4n) is 4.01. The van der Waals surface area contributed by atoms with E-state index >= 15 is 0 Å². The minimum absolute atomic E-state index is 0.0218. The predicted octanol–water partition coefficient (Wildman–Crippen LogP) is 2.94. The van der Waals surface area contributed by atoms with E-state index in [1.165, 1.54) is 0 Å². The molecule has 144 valence electrons. The number of thioether (sulfide) groups is 1. The van der Waals surface area contributed by atoms with Gasteiger partial charge >= 0.3 is 0 Å². The molecule has 2 aliphatic heterocycles. The van der Waals surface area contributed by atoms with Crippen LogP contribution in [0.2, 0.25) is 0 Å². The summed E-state index contributed by atoms with van der Waals surface area (Å²) < 4.78 is 7.39. The zero-order valence-electron chi connectivity index (χ0n) is 15.7. The van der Waals surface area contributed by atoms with Crippen LogP contribution in [0, 0.1) is 6.92 Å². The van der Waals surface area contributed by atoms with Crippen LogP contribution in [0.5, 0.6) is 0 Å². The number of nitrogens with one attached hydrogen (secondary N) is 1. The van der Waals surface area contributed by atoms with Crippen molar-refractivity contribution in [3.63, 3.8) is 0 Å². The summed E-state index contributed by atoms with van der Waals surface area (Å²) in [4.78, 5) is 17.4. The van der Waals surface area contributed by atoms with Gasteiger partial charge in [-0.2, -0.15) is 16.9 Å². The second kappa shape index (κ2) is 7.22. The van der Waals surface area contributed by atoms with Crippen molar-refractivity contribution in [3.05, 3.63) is 63.7 Å². The van der Waals surface area contributed by atoms with Crippen LogP contribution >= 0.6 is 11.8 Å². The van der Waals surface area contributed by atoms with Gasteiger partial charge in [0.25, 0.3) is 5.56 Å². The molecule has 0 amide bonds. The molecule has 0 spiro atoms. The van der Waals surface area contributed by atoms with Gasteiger partial charge in [0, 0.05) is 35.0 Å². The highest BCUT2D eigenvalue weighted by Crippen LogP contribution is 2.28. The van der Waals surface area contributed by atoms with E-state index < -0.39 is 0 Å². The van der Waals surface area contributed by atoms with Crippen LogP contribution in [0.25, 0.3) is 10.9 Å². The highest BCUT2D eigenvalue weighted by molar-refractivity contribution is 7.98. The molecular formula is C21H22N4O2S. The first-order valence-corrected chi connectivity index (χ1v) is 10.7. The molecular weight excluding hydrogens is 372 g/mol. The van der Waals surface area contributed by atoms with Gasteiger partial charge in [-0.25, -0.2) is 4.68 Å². The van der Waals surface area contributed by atoms with Crippen LogP contribution in [0.3, 0.4) is 0 Å². The van der Waals surface area contributed by atoms with E-state index in [0.717, 1.165) is 51.5 Å². The first kappa shape index (κ1) is 17.7. The molecule has 28 heavy (non-hydrogen) atoms. The van der Waals surface area contributed by atoms with Crippen molar-refractivity contribution in [3.8, 4) is 0 Å². The maximum atomic E-state index is 12.7. The van der Waals surface area contributed by atoms with Gasteiger partial charge in [-0.15, -0.1) is 0 Å². The summed E-state index contributed by atoms with van der Waals surface area (Å²) in [5.41, 5.74) is 5.02. The smallest absolute Gasteiger partial charge is 0.267 e. The Balaban J connectivity index is 1.50. The first-order chi connectivity index (χ1) is 13.7. The summed E-state index contributed by atoms with van der Waals surface area (Å²) in [5, 5.41) is 9.41. The highest BCUT2D eigenvalue weighted by atomic mass is 32.2. The molecule has 5 rings (SSSR count). The number of hydrogen-bond acceptors (Lipinski definition) is 6. The Labute approximate surface area is 167 Å². The lowest BCUT2D eigenvalue weighted by atomic mass is 10.1. The Bertz CT molecular complexity index is 1100. The molecule has 3 aromatic rings. The lowest BCUT2D eigenvalue weighted by Gasteiger charge is -2.24. The molecule has 1 fully saturated rings. The van der Waals surface area contributed by atoms with Crippen molar-refractivity contribution >= 4 is 28.4 Å². The number of nitrogens with zero attached hydrogens (tertiary/aromatic N) is 3. The zero-order chi connectivity index (χ0) is 19.1. The molecule has 0 radical (unpaired) electrons. The van der Waals surface area contributed by atoms with Gasteiger partial charge in [0.15, 0.2) is 0 Å². The van der Waals surface area contributed by atoms with Crippen LogP contribution in [0.4, 0.5) is 5.69 Å². The number of hydrogen-bond donors (Lipinski definition) is 1. The second-order valence-corrected chi connectivity index (χ2v) is 8.49. The van der Waals surface area contributed by atoms with Crippen LogP contribution in [-0.4, -0.2) is 39.8 Å².